The summed E-state index contributed by atoms with van der Waals surface area (Å²) in [5.74, 6) is 0. The molecule has 2 heterocycles. The molecule has 1 radical (unpaired) electrons. The molecule has 0 atom stereocenters. The van der Waals surface area contributed by atoms with Crippen molar-refractivity contribution in [1.82, 2.24) is 14.5 Å². The van der Waals surface area contributed by atoms with Crippen LogP contribution in [0.3, 0.4) is 0 Å². The second-order valence-electron chi connectivity index (χ2n) is 4.22. The van der Waals surface area contributed by atoms with Crippen LogP contribution in [0, 0.1) is 6.33 Å². The fourth-order valence-electron chi connectivity index (χ4n) is 2.44. The molecule has 2 aromatic heterocycles. The first-order chi connectivity index (χ1) is 7.45. The molecule has 0 unspecified atom stereocenters. The van der Waals surface area contributed by atoms with Crippen molar-refractivity contribution in [1.29, 1.82) is 0 Å². The SMILES string of the molecule is [c]1nc2ncccc2n1C1CCCCC1. The van der Waals surface area contributed by atoms with Crippen molar-refractivity contribution >= 4 is 11.2 Å². The largest absolute Gasteiger partial charge is 0.317 e. The molecule has 0 N–H and O–H groups in total. The number of aromatic nitrogens is 3. The first kappa shape index (κ1) is 8.89. The maximum atomic E-state index is 4.23. The summed E-state index contributed by atoms with van der Waals surface area (Å²) < 4.78 is 2.18. The Balaban J connectivity index is 2.02. The zero-order valence-corrected chi connectivity index (χ0v) is 8.69. The summed E-state index contributed by atoms with van der Waals surface area (Å²) in [6, 6.07) is 4.64. The van der Waals surface area contributed by atoms with Gasteiger partial charge in [-0.05, 0) is 25.0 Å². The Kier molecular flexibility index (Phi) is 2.16. The summed E-state index contributed by atoms with van der Waals surface area (Å²) in [5.41, 5.74) is 1.95. The van der Waals surface area contributed by atoms with Crippen LogP contribution in [0.25, 0.3) is 11.2 Å². The van der Waals surface area contributed by atoms with Crippen molar-refractivity contribution in [3.63, 3.8) is 0 Å². The lowest BCUT2D eigenvalue weighted by atomic mass is 9.95. The third kappa shape index (κ3) is 1.52. The highest BCUT2D eigenvalue weighted by molar-refractivity contribution is 5.70. The van der Waals surface area contributed by atoms with Gasteiger partial charge in [0.25, 0.3) is 0 Å². The molecular formula is C12H14N3. The second-order valence-corrected chi connectivity index (χ2v) is 4.22. The lowest BCUT2D eigenvalue weighted by Crippen LogP contribution is -2.11. The van der Waals surface area contributed by atoms with Gasteiger partial charge in [0.05, 0.1) is 5.52 Å². The van der Waals surface area contributed by atoms with Gasteiger partial charge in [-0.3, -0.25) is 0 Å². The third-order valence-corrected chi connectivity index (χ3v) is 3.23. The van der Waals surface area contributed by atoms with Crippen molar-refractivity contribution in [2.45, 2.75) is 38.1 Å². The van der Waals surface area contributed by atoms with Crippen LogP contribution >= 0.6 is 0 Å². The molecule has 0 aliphatic heterocycles. The zero-order valence-electron chi connectivity index (χ0n) is 8.69. The molecule has 1 fully saturated rings. The summed E-state index contributed by atoms with van der Waals surface area (Å²) in [5, 5.41) is 0. The van der Waals surface area contributed by atoms with Gasteiger partial charge in [-0.1, -0.05) is 19.3 Å². The maximum Gasteiger partial charge on any atom is 0.179 e. The minimum absolute atomic E-state index is 0.591. The molecule has 1 saturated carbocycles. The highest BCUT2D eigenvalue weighted by Crippen LogP contribution is 2.29. The molecule has 0 aromatic carbocycles. The smallest absolute Gasteiger partial charge is 0.179 e. The van der Waals surface area contributed by atoms with E-state index >= 15 is 0 Å². The van der Waals surface area contributed by atoms with Gasteiger partial charge in [-0.15, -0.1) is 0 Å². The molecule has 1 aliphatic carbocycles. The summed E-state index contributed by atoms with van der Waals surface area (Å²) >= 11 is 0. The predicted octanol–water partition coefficient (Wildman–Crippen LogP) is 2.74. The van der Waals surface area contributed by atoms with E-state index in [1.807, 2.05) is 6.07 Å². The van der Waals surface area contributed by atoms with E-state index in [0.29, 0.717) is 6.04 Å². The van der Waals surface area contributed by atoms with Gasteiger partial charge in [0.15, 0.2) is 12.0 Å². The minimum Gasteiger partial charge on any atom is -0.317 e. The van der Waals surface area contributed by atoms with E-state index in [0.717, 1.165) is 11.2 Å². The summed E-state index contributed by atoms with van der Waals surface area (Å²) in [6.07, 6.45) is 11.4. The first-order valence-corrected chi connectivity index (χ1v) is 5.66. The Morgan fingerprint density at radius 1 is 1.27 bits per heavy atom. The third-order valence-electron chi connectivity index (χ3n) is 3.23. The number of nitrogens with zero attached hydrogens (tertiary/aromatic N) is 3. The van der Waals surface area contributed by atoms with Gasteiger partial charge in [0.2, 0.25) is 0 Å². The highest BCUT2D eigenvalue weighted by atomic mass is 15.1. The molecule has 0 spiro atoms. The standard InChI is InChI=1S/C12H14N3/c1-2-5-10(6-3-1)15-9-14-12-11(15)7-4-8-13-12/h4,7-8,10H,1-3,5-6H2. The average molecular weight is 200 g/mol. The topological polar surface area (TPSA) is 30.7 Å². The lowest BCUT2D eigenvalue weighted by Gasteiger charge is -2.22. The Hall–Kier alpha value is -1.38. The van der Waals surface area contributed by atoms with Crippen molar-refractivity contribution in [2.24, 2.45) is 0 Å². The Bertz CT molecular complexity index is 455. The van der Waals surface area contributed by atoms with Crippen LogP contribution in [0.15, 0.2) is 18.3 Å². The lowest BCUT2D eigenvalue weighted by molar-refractivity contribution is 0.358. The molecule has 3 heteroatoms. The van der Waals surface area contributed by atoms with Crippen LogP contribution in [-0.4, -0.2) is 14.5 Å². The quantitative estimate of drug-likeness (QED) is 0.708. The van der Waals surface area contributed by atoms with Gasteiger partial charge in [-0.2, -0.15) is 0 Å². The minimum atomic E-state index is 0.591. The van der Waals surface area contributed by atoms with Crippen molar-refractivity contribution in [3.05, 3.63) is 24.7 Å². The van der Waals surface area contributed by atoms with Crippen LogP contribution in [0.2, 0.25) is 0 Å². The van der Waals surface area contributed by atoms with E-state index < -0.39 is 0 Å². The average Bonchev–Trinajstić information content (AvgIpc) is 2.74. The molecule has 77 valence electrons. The van der Waals surface area contributed by atoms with E-state index in [-0.39, 0.29) is 0 Å². The van der Waals surface area contributed by atoms with Crippen LogP contribution < -0.4 is 0 Å². The van der Waals surface area contributed by atoms with E-state index in [9.17, 15) is 0 Å². The fraction of sp³-hybridized carbons (Fsp3) is 0.500. The van der Waals surface area contributed by atoms with Crippen LogP contribution in [-0.2, 0) is 0 Å². The number of rotatable bonds is 1. The Morgan fingerprint density at radius 2 is 2.13 bits per heavy atom. The van der Waals surface area contributed by atoms with Crippen LogP contribution in [0.5, 0.6) is 0 Å². The molecule has 3 nitrogen and oxygen atoms in total. The van der Waals surface area contributed by atoms with E-state index in [1.165, 1.54) is 32.1 Å². The molecule has 2 aromatic rings. The Morgan fingerprint density at radius 3 is 3.00 bits per heavy atom. The normalized spacial score (nSPS) is 18.4. The van der Waals surface area contributed by atoms with E-state index in [4.69, 9.17) is 0 Å². The summed E-state index contributed by atoms with van der Waals surface area (Å²) in [7, 11) is 0. The highest BCUT2D eigenvalue weighted by Gasteiger charge is 2.17. The number of hydrogen-bond acceptors (Lipinski definition) is 2. The molecular weight excluding hydrogens is 186 g/mol. The summed E-state index contributed by atoms with van der Waals surface area (Å²) in [4.78, 5) is 8.45. The molecule has 0 bridgehead atoms. The monoisotopic (exact) mass is 200 g/mol. The summed E-state index contributed by atoms with van der Waals surface area (Å²) in [6.45, 7) is 0. The van der Waals surface area contributed by atoms with Crippen molar-refractivity contribution < 1.29 is 0 Å². The van der Waals surface area contributed by atoms with E-state index in [2.05, 4.69) is 26.9 Å². The number of imidazole rings is 1. The fourth-order valence-corrected chi connectivity index (χ4v) is 2.44. The first-order valence-electron chi connectivity index (χ1n) is 5.66. The van der Waals surface area contributed by atoms with Gasteiger partial charge in [0.1, 0.15) is 0 Å². The maximum absolute atomic E-state index is 4.23. The number of pyridine rings is 1. The van der Waals surface area contributed by atoms with Crippen molar-refractivity contribution in [3.8, 4) is 0 Å². The zero-order chi connectivity index (χ0) is 10.1. The van der Waals surface area contributed by atoms with Crippen molar-refractivity contribution in [2.75, 3.05) is 0 Å². The van der Waals surface area contributed by atoms with Crippen LogP contribution in [0.4, 0.5) is 0 Å². The molecule has 0 amide bonds. The van der Waals surface area contributed by atoms with Gasteiger partial charge >= 0.3 is 0 Å². The molecule has 1 aliphatic rings. The van der Waals surface area contributed by atoms with Gasteiger partial charge in [-0.25, -0.2) is 9.97 Å². The number of hydrogen-bond donors (Lipinski definition) is 0. The van der Waals surface area contributed by atoms with Crippen LogP contribution in [0.1, 0.15) is 38.1 Å². The molecule has 0 saturated heterocycles. The van der Waals surface area contributed by atoms with E-state index in [1.54, 1.807) is 6.20 Å². The van der Waals surface area contributed by atoms with Gasteiger partial charge in [0, 0.05) is 12.2 Å². The molecule has 3 rings (SSSR count). The number of fused-ring (bicyclic) bond motifs is 1. The van der Waals surface area contributed by atoms with Gasteiger partial charge < -0.3 is 4.57 Å². The molecule has 15 heavy (non-hydrogen) atoms. The second kappa shape index (κ2) is 3.65. The predicted molar refractivity (Wildman–Crippen MR) is 58.5 cm³/mol. The Labute approximate surface area is 89.2 Å².